The van der Waals surface area contributed by atoms with Crippen molar-refractivity contribution in [3.8, 4) is 29.1 Å². The van der Waals surface area contributed by atoms with E-state index < -0.39 is 0 Å². The minimum atomic E-state index is -0.0149. The zero-order valence-electron chi connectivity index (χ0n) is 26.2. The monoisotopic (exact) mass is 642 g/mol. The number of benzene rings is 7. The van der Waals surface area contributed by atoms with Crippen molar-refractivity contribution in [3.05, 3.63) is 151 Å². The van der Waals surface area contributed by atoms with E-state index in [0.717, 1.165) is 78.7 Å². The molecule has 0 N–H and O–H groups in total. The maximum Gasteiger partial charge on any atom is 0.307 e. The van der Waals surface area contributed by atoms with E-state index in [4.69, 9.17) is 26.0 Å². The quantitative estimate of drug-likeness (QED) is 0.137. The summed E-state index contributed by atoms with van der Waals surface area (Å²) in [5, 5.41) is 13.4. The van der Waals surface area contributed by atoms with Crippen LogP contribution in [0.2, 0.25) is 0 Å². The summed E-state index contributed by atoms with van der Waals surface area (Å²) in [4.78, 5) is 17.4. The van der Waals surface area contributed by atoms with Crippen molar-refractivity contribution >= 4 is 72.5 Å². The van der Waals surface area contributed by atoms with Gasteiger partial charge in [0.25, 0.3) is 0 Å². The van der Waals surface area contributed by atoms with E-state index in [9.17, 15) is 5.26 Å². The van der Waals surface area contributed by atoms with Gasteiger partial charge in [0, 0.05) is 22.1 Å². The van der Waals surface area contributed by atoms with Gasteiger partial charge >= 0.3 is 5.82 Å². The zero-order valence-corrected chi connectivity index (χ0v) is 26.2. The van der Waals surface area contributed by atoms with Crippen molar-refractivity contribution in [2.45, 2.75) is 0 Å². The molecule has 0 fully saturated rings. The molecule has 10 rings (SSSR count). The summed E-state index contributed by atoms with van der Waals surface area (Å²) in [7, 11) is 0. The molecule has 8 heteroatoms. The van der Waals surface area contributed by atoms with Gasteiger partial charge in [-0.3, -0.25) is 0 Å². The van der Waals surface area contributed by atoms with Crippen LogP contribution < -0.4 is 19.3 Å². The van der Waals surface area contributed by atoms with E-state index in [1.54, 1.807) is 0 Å². The molecule has 2 aliphatic heterocycles. The number of nitriles is 1. The lowest BCUT2D eigenvalue weighted by atomic mass is 9.97. The SMILES string of the molecule is [C-]#[N+]c1nc2c3ccc(N4c5ccccc5Oc5ccccc54)cc3c3cc(N4c5ccccc5Oc5ccccc54)ccc3c2nc1C#N. The Morgan fingerprint density at radius 2 is 0.920 bits per heavy atom. The van der Waals surface area contributed by atoms with Crippen molar-refractivity contribution in [1.29, 1.82) is 5.26 Å². The van der Waals surface area contributed by atoms with Crippen molar-refractivity contribution in [2.75, 3.05) is 9.80 Å². The van der Waals surface area contributed by atoms with Gasteiger partial charge in [-0.1, -0.05) is 55.1 Å². The molecule has 50 heavy (non-hydrogen) atoms. The van der Waals surface area contributed by atoms with Crippen LogP contribution in [-0.2, 0) is 0 Å². The number of hydrogen-bond donors (Lipinski definition) is 0. The Morgan fingerprint density at radius 3 is 1.32 bits per heavy atom. The molecule has 0 bridgehead atoms. The van der Waals surface area contributed by atoms with Crippen molar-refractivity contribution < 1.29 is 9.47 Å². The van der Waals surface area contributed by atoms with Gasteiger partial charge in [-0.2, -0.15) is 5.26 Å². The molecule has 0 radical (unpaired) electrons. The molecular formula is C42H22N6O2. The first kappa shape index (κ1) is 27.7. The molecule has 1 aromatic heterocycles. The minimum Gasteiger partial charge on any atom is -0.453 e. The fourth-order valence-corrected chi connectivity index (χ4v) is 7.12. The van der Waals surface area contributed by atoms with Gasteiger partial charge in [0.1, 0.15) is 11.6 Å². The molecule has 232 valence electrons. The molecule has 0 saturated carbocycles. The molecule has 0 amide bonds. The van der Waals surface area contributed by atoms with Crippen LogP contribution in [0.4, 0.5) is 39.9 Å². The lowest BCUT2D eigenvalue weighted by molar-refractivity contribution is 0.477. The Hall–Kier alpha value is -7.42. The molecule has 0 unspecified atom stereocenters. The van der Waals surface area contributed by atoms with E-state index in [1.165, 1.54) is 0 Å². The van der Waals surface area contributed by atoms with Crippen molar-refractivity contribution in [1.82, 2.24) is 9.97 Å². The Morgan fingerprint density at radius 1 is 0.520 bits per heavy atom. The molecule has 8 aromatic rings. The van der Waals surface area contributed by atoms with Crippen LogP contribution in [0.1, 0.15) is 5.69 Å². The van der Waals surface area contributed by atoms with Crippen molar-refractivity contribution in [2.24, 2.45) is 0 Å². The number of ether oxygens (including phenoxy) is 2. The Balaban J connectivity index is 1.29. The first-order valence-electron chi connectivity index (χ1n) is 16.0. The molecule has 7 aromatic carbocycles. The summed E-state index contributed by atoms with van der Waals surface area (Å²) in [5.41, 5.74) is 6.70. The standard InChI is InChI=1S/C42H22N6O2/c1-44-42-31(24-43)45-40-27-20-18-25(47-32-10-2-6-14-36(32)49-37-15-7-3-11-33(37)47)22-29(27)30-23-26(19-21-28(30)41(40)46-42)48-34-12-4-8-16-38(34)50-39-17-9-5-13-35(39)48/h2-23H. The van der Waals surface area contributed by atoms with Crippen LogP contribution in [0.3, 0.4) is 0 Å². The topological polar surface area (TPSA) is 78.9 Å². The number of nitrogens with zero attached hydrogens (tertiary/aromatic N) is 6. The third-order valence-electron chi connectivity index (χ3n) is 9.28. The average molecular weight is 643 g/mol. The van der Waals surface area contributed by atoms with Crippen LogP contribution >= 0.6 is 0 Å². The Bertz CT molecular complexity index is 2550. The van der Waals surface area contributed by atoms with Crippen LogP contribution in [0.15, 0.2) is 133 Å². The predicted octanol–water partition coefficient (Wildman–Crippen LogP) is 11.5. The molecule has 3 heterocycles. The summed E-state index contributed by atoms with van der Waals surface area (Å²) >= 11 is 0. The molecule has 0 atom stereocenters. The van der Waals surface area contributed by atoms with E-state index >= 15 is 0 Å². The van der Waals surface area contributed by atoms with Gasteiger partial charge in [0.05, 0.1) is 22.7 Å². The number of rotatable bonds is 2. The van der Waals surface area contributed by atoms with Crippen LogP contribution in [0.5, 0.6) is 23.0 Å². The Kier molecular flexibility index (Phi) is 5.84. The fourth-order valence-electron chi connectivity index (χ4n) is 7.12. The summed E-state index contributed by atoms with van der Waals surface area (Å²) in [6, 6.07) is 46.6. The van der Waals surface area contributed by atoms with E-state index in [2.05, 4.69) is 69.2 Å². The van der Waals surface area contributed by atoms with Gasteiger partial charge in [-0.25, -0.2) is 4.98 Å². The van der Waals surface area contributed by atoms with Gasteiger partial charge < -0.3 is 24.1 Å². The number of para-hydroxylation sites is 8. The van der Waals surface area contributed by atoms with Gasteiger partial charge in [0.15, 0.2) is 34.2 Å². The normalized spacial score (nSPS) is 12.6. The maximum absolute atomic E-state index is 9.91. The lowest BCUT2D eigenvalue weighted by Gasteiger charge is -2.33. The predicted molar refractivity (Wildman–Crippen MR) is 195 cm³/mol. The summed E-state index contributed by atoms with van der Waals surface area (Å²) in [6.07, 6.45) is 0. The highest BCUT2D eigenvalue weighted by molar-refractivity contribution is 6.24. The van der Waals surface area contributed by atoms with Crippen LogP contribution in [-0.4, -0.2) is 9.97 Å². The largest absolute Gasteiger partial charge is 0.453 e. The van der Waals surface area contributed by atoms with Crippen LogP contribution in [0, 0.1) is 17.9 Å². The van der Waals surface area contributed by atoms with E-state index in [0.29, 0.717) is 11.0 Å². The highest BCUT2D eigenvalue weighted by Gasteiger charge is 2.28. The summed E-state index contributed by atoms with van der Waals surface area (Å²) in [6.45, 7) is 7.74. The number of anilines is 6. The van der Waals surface area contributed by atoms with Gasteiger partial charge in [0.2, 0.25) is 0 Å². The number of fused-ring (bicyclic) bond motifs is 10. The molecule has 0 saturated heterocycles. The van der Waals surface area contributed by atoms with E-state index in [1.807, 2.05) is 84.9 Å². The number of aromatic nitrogens is 2. The minimum absolute atomic E-state index is 0.00594. The van der Waals surface area contributed by atoms with Gasteiger partial charge in [-0.05, 0) is 95.7 Å². The molecule has 8 nitrogen and oxygen atoms in total. The van der Waals surface area contributed by atoms with Gasteiger partial charge in [-0.15, -0.1) is 4.98 Å². The van der Waals surface area contributed by atoms with Crippen molar-refractivity contribution in [3.63, 3.8) is 0 Å². The highest BCUT2D eigenvalue weighted by Crippen LogP contribution is 2.53. The molecule has 0 spiro atoms. The lowest BCUT2D eigenvalue weighted by Crippen LogP contribution is -2.16. The second-order valence-corrected chi connectivity index (χ2v) is 12.0. The summed E-state index contributed by atoms with van der Waals surface area (Å²) in [5.74, 6) is 3.03. The smallest absolute Gasteiger partial charge is 0.307 e. The second-order valence-electron chi connectivity index (χ2n) is 12.0. The second kappa shape index (κ2) is 10.5. The fraction of sp³-hybridized carbons (Fsp3) is 0. The molecular weight excluding hydrogens is 621 g/mol. The summed E-state index contributed by atoms with van der Waals surface area (Å²) < 4.78 is 12.6. The molecule has 0 aliphatic carbocycles. The third-order valence-corrected chi connectivity index (χ3v) is 9.28. The molecule has 2 aliphatic rings. The van der Waals surface area contributed by atoms with E-state index in [-0.39, 0.29) is 11.5 Å². The maximum atomic E-state index is 9.91. The number of hydrogen-bond acceptors (Lipinski definition) is 7. The first-order valence-corrected chi connectivity index (χ1v) is 16.0. The first-order chi connectivity index (χ1) is 24.7. The average Bonchev–Trinajstić information content (AvgIpc) is 3.18. The highest BCUT2D eigenvalue weighted by atomic mass is 16.5. The third kappa shape index (κ3) is 3.97. The Labute approximate surface area is 286 Å². The zero-order chi connectivity index (χ0) is 33.3. The van der Waals surface area contributed by atoms with Crippen LogP contribution in [0.25, 0.3) is 37.4 Å².